The van der Waals surface area contributed by atoms with Crippen molar-refractivity contribution in [3.05, 3.63) is 0 Å². The van der Waals surface area contributed by atoms with E-state index < -0.39 is 0 Å². The highest BCUT2D eigenvalue weighted by molar-refractivity contribution is 5.72. The Bertz CT molecular complexity index is 232. The Morgan fingerprint density at radius 3 is 2.69 bits per heavy atom. The molecule has 0 aliphatic carbocycles. The highest BCUT2D eigenvalue weighted by Crippen LogP contribution is 2.25. The lowest BCUT2D eigenvalue weighted by atomic mass is 9.96. The minimum atomic E-state index is -0.199. The molecule has 0 unspecified atom stereocenters. The normalized spacial score (nSPS) is 25.4. The van der Waals surface area contributed by atoms with Gasteiger partial charge in [-0.05, 0) is 40.3 Å². The van der Waals surface area contributed by atoms with Gasteiger partial charge in [0, 0.05) is 13.2 Å². The fourth-order valence-electron chi connectivity index (χ4n) is 2.45. The fraction of sp³-hybridized carbons (Fsp3) is 0.917. The zero-order chi connectivity index (χ0) is 12.1. The second-order valence-electron chi connectivity index (χ2n) is 4.43. The largest absolute Gasteiger partial charge is 0.466 e. The molecule has 0 saturated carbocycles. The van der Waals surface area contributed by atoms with Crippen molar-refractivity contribution in [3.63, 3.8) is 0 Å². The molecule has 16 heavy (non-hydrogen) atoms. The van der Waals surface area contributed by atoms with E-state index in [2.05, 4.69) is 11.9 Å². The van der Waals surface area contributed by atoms with Gasteiger partial charge in [0.2, 0.25) is 0 Å². The van der Waals surface area contributed by atoms with Crippen molar-refractivity contribution in [1.82, 2.24) is 4.90 Å². The molecule has 1 fully saturated rings. The summed E-state index contributed by atoms with van der Waals surface area (Å²) in [6.45, 7) is 5.23. The molecule has 0 radical (unpaired) electrons. The van der Waals surface area contributed by atoms with Crippen molar-refractivity contribution >= 4 is 5.97 Å². The predicted octanol–water partition coefficient (Wildman–Crippen LogP) is 1.29. The minimum Gasteiger partial charge on any atom is -0.466 e. The summed E-state index contributed by atoms with van der Waals surface area (Å²) in [6.07, 6.45) is 2.21. The summed E-state index contributed by atoms with van der Waals surface area (Å²) in [6, 6.07) is 0.337. The first-order valence-corrected chi connectivity index (χ1v) is 6.01. The van der Waals surface area contributed by atoms with E-state index in [0.717, 1.165) is 13.0 Å². The Morgan fingerprint density at radius 1 is 1.56 bits per heavy atom. The number of rotatable bonds is 5. The molecule has 94 valence electrons. The van der Waals surface area contributed by atoms with E-state index in [1.165, 1.54) is 6.42 Å². The second-order valence-corrected chi connectivity index (χ2v) is 4.43. The number of likely N-dealkylation sites (N-methyl/N-ethyl adjacent to an activating group) is 1. The van der Waals surface area contributed by atoms with Gasteiger partial charge in [-0.15, -0.1) is 0 Å². The van der Waals surface area contributed by atoms with Crippen LogP contribution in [-0.4, -0.2) is 50.3 Å². The van der Waals surface area contributed by atoms with Crippen LogP contribution in [0.2, 0.25) is 0 Å². The monoisotopic (exact) mass is 229 g/mol. The maximum Gasteiger partial charge on any atom is 0.311 e. The Kier molecular flexibility index (Phi) is 5.22. The third-order valence-corrected chi connectivity index (χ3v) is 3.38. The number of hydrogen-bond donors (Lipinski definition) is 0. The number of carbonyl (C=O) groups is 1. The smallest absolute Gasteiger partial charge is 0.311 e. The van der Waals surface area contributed by atoms with Gasteiger partial charge in [0.1, 0.15) is 0 Å². The van der Waals surface area contributed by atoms with Gasteiger partial charge in [0.15, 0.2) is 0 Å². The topological polar surface area (TPSA) is 38.8 Å². The summed E-state index contributed by atoms with van der Waals surface area (Å²) in [4.78, 5) is 14.0. The van der Waals surface area contributed by atoms with Gasteiger partial charge < -0.3 is 14.4 Å². The summed E-state index contributed by atoms with van der Waals surface area (Å²) in [5.74, 6) is -0.356. The van der Waals surface area contributed by atoms with Gasteiger partial charge in [0.05, 0.1) is 18.6 Å². The molecule has 1 saturated heterocycles. The Hall–Kier alpha value is -0.610. The van der Waals surface area contributed by atoms with Crippen LogP contribution < -0.4 is 0 Å². The molecule has 0 amide bonds. The molecule has 3 atom stereocenters. The maximum atomic E-state index is 11.7. The van der Waals surface area contributed by atoms with Crippen LogP contribution in [0.4, 0.5) is 0 Å². The van der Waals surface area contributed by atoms with E-state index in [1.54, 1.807) is 7.11 Å². The first-order chi connectivity index (χ1) is 7.61. The van der Waals surface area contributed by atoms with Crippen molar-refractivity contribution in [2.24, 2.45) is 5.92 Å². The van der Waals surface area contributed by atoms with E-state index in [9.17, 15) is 4.79 Å². The molecule has 0 spiro atoms. The fourth-order valence-corrected chi connectivity index (χ4v) is 2.45. The van der Waals surface area contributed by atoms with Crippen molar-refractivity contribution < 1.29 is 14.3 Å². The molecule has 1 rings (SSSR count). The van der Waals surface area contributed by atoms with E-state index in [-0.39, 0.29) is 18.0 Å². The molecule has 1 aliphatic heterocycles. The standard InChI is InChI=1S/C12H23NO3/c1-5-16-12(14)9(2)11(15-4)10-7-6-8-13(10)3/h9-11H,5-8H2,1-4H3/t9-,10+,11-/m1/s1. The van der Waals surface area contributed by atoms with Crippen molar-refractivity contribution in [2.75, 3.05) is 27.3 Å². The molecule has 0 N–H and O–H groups in total. The first-order valence-electron chi connectivity index (χ1n) is 6.01. The number of nitrogens with zero attached hydrogens (tertiary/aromatic N) is 1. The third-order valence-electron chi connectivity index (χ3n) is 3.38. The summed E-state index contributed by atoms with van der Waals surface area (Å²) < 4.78 is 10.5. The van der Waals surface area contributed by atoms with Crippen LogP contribution >= 0.6 is 0 Å². The summed E-state index contributed by atoms with van der Waals surface area (Å²) in [5.41, 5.74) is 0. The van der Waals surface area contributed by atoms with Crippen molar-refractivity contribution in [3.8, 4) is 0 Å². The lowest BCUT2D eigenvalue weighted by Crippen LogP contribution is -2.44. The van der Waals surface area contributed by atoms with Gasteiger partial charge in [-0.2, -0.15) is 0 Å². The van der Waals surface area contributed by atoms with Crippen LogP contribution in [-0.2, 0) is 14.3 Å². The Labute approximate surface area is 97.9 Å². The van der Waals surface area contributed by atoms with Crippen molar-refractivity contribution in [1.29, 1.82) is 0 Å². The zero-order valence-corrected chi connectivity index (χ0v) is 10.7. The number of hydrogen-bond acceptors (Lipinski definition) is 4. The summed E-state index contributed by atoms with van der Waals surface area (Å²) >= 11 is 0. The van der Waals surface area contributed by atoms with Gasteiger partial charge in [-0.1, -0.05) is 0 Å². The summed E-state index contributed by atoms with van der Waals surface area (Å²) in [7, 11) is 3.76. The molecule has 0 aromatic rings. The number of carbonyl (C=O) groups excluding carboxylic acids is 1. The zero-order valence-electron chi connectivity index (χ0n) is 10.7. The number of methoxy groups -OCH3 is 1. The first kappa shape index (κ1) is 13.5. The third kappa shape index (κ3) is 2.95. The lowest BCUT2D eigenvalue weighted by Gasteiger charge is -2.31. The van der Waals surface area contributed by atoms with Crippen LogP contribution in [0.5, 0.6) is 0 Å². The molecule has 4 heteroatoms. The Balaban J connectivity index is 2.62. The van der Waals surface area contributed by atoms with Crippen molar-refractivity contribution in [2.45, 2.75) is 38.8 Å². The molecule has 0 bridgehead atoms. The van der Waals surface area contributed by atoms with E-state index in [1.807, 2.05) is 13.8 Å². The van der Waals surface area contributed by atoms with Crippen LogP contribution in [0.15, 0.2) is 0 Å². The minimum absolute atomic E-state index is 0.0634. The van der Waals surface area contributed by atoms with E-state index in [0.29, 0.717) is 12.6 Å². The molecular formula is C12H23NO3. The predicted molar refractivity (Wildman–Crippen MR) is 62.2 cm³/mol. The van der Waals surface area contributed by atoms with Gasteiger partial charge >= 0.3 is 5.97 Å². The maximum absolute atomic E-state index is 11.7. The molecule has 4 nitrogen and oxygen atoms in total. The summed E-state index contributed by atoms with van der Waals surface area (Å²) in [5, 5.41) is 0. The SMILES string of the molecule is CCOC(=O)[C@H](C)[C@@H](OC)[C@@H]1CCCN1C. The van der Waals surface area contributed by atoms with Gasteiger partial charge in [0.25, 0.3) is 0 Å². The highest BCUT2D eigenvalue weighted by Gasteiger charge is 2.36. The number of ether oxygens (including phenoxy) is 2. The number of likely N-dealkylation sites (tertiary alicyclic amines) is 1. The number of esters is 1. The average molecular weight is 229 g/mol. The molecule has 0 aromatic heterocycles. The molecule has 1 aliphatic rings. The van der Waals surface area contributed by atoms with Gasteiger partial charge in [-0.3, -0.25) is 4.79 Å². The Morgan fingerprint density at radius 2 is 2.25 bits per heavy atom. The molecular weight excluding hydrogens is 206 g/mol. The molecule has 1 heterocycles. The van der Waals surface area contributed by atoms with Crippen LogP contribution in [0.1, 0.15) is 26.7 Å². The van der Waals surface area contributed by atoms with Crippen LogP contribution in [0.3, 0.4) is 0 Å². The highest BCUT2D eigenvalue weighted by atomic mass is 16.5. The average Bonchev–Trinajstić information content (AvgIpc) is 2.66. The lowest BCUT2D eigenvalue weighted by molar-refractivity contribution is -0.153. The van der Waals surface area contributed by atoms with E-state index in [4.69, 9.17) is 9.47 Å². The van der Waals surface area contributed by atoms with E-state index >= 15 is 0 Å². The van der Waals surface area contributed by atoms with Crippen LogP contribution in [0.25, 0.3) is 0 Å². The van der Waals surface area contributed by atoms with Gasteiger partial charge in [-0.25, -0.2) is 0 Å². The molecule has 0 aromatic carbocycles. The second kappa shape index (κ2) is 6.21. The van der Waals surface area contributed by atoms with Crippen LogP contribution in [0, 0.1) is 5.92 Å². The quantitative estimate of drug-likeness (QED) is 0.666.